The summed E-state index contributed by atoms with van der Waals surface area (Å²) in [5.74, 6) is 1.79. The fraction of sp³-hybridized carbons (Fsp3) is 0.650. The number of benzene rings is 1. The predicted molar refractivity (Wildman–Crippen MR) is 135 cm³/mol. The standard InChI is InChI=1S/C20H35N5O3S.HI/c1-5-21-20(22-13-9-14-24(3)29(26,27)6-2)23-17-12-15-25(16-17)18-10-7-8-11-19(18)28-4;/h7-8,10-11,17H,5-6,9,12-16H2,1-4H3,(H2,21,22,23);1H. The molecule has 1 atom stereocenters. The van der Waals surface area contributed by atoms with E-state index in [9.17, 15) is 8.42 Å². The van der Waals surface area contributed by atoms with Crippen LogP contribution in [0.15, 0.2) is 29.3 Å². The van der Waals surface area contributed by atoms with Crippen LogP contribution in [0, 0.1) is 0 Å². The van der Waals surface area contributed by atoms with E-state index >= 15 is 0 Å². The van der Waals surface area contributed by atoms with Crippen molar-refractivity contribution in [3.8, 4) is 5.75 Å². The second-order valence-corrected chi connectivity index (χ2v) is 9.45. The van der Waals surface area contributed by atoms with Crippen molar-refractivity contribution >= 4 is 45.6 Å². The number of guanidine groups is 1. The van der Waals surface area contributed by atoms with E-state index < -0.39 is 10.0 Å². The highest BCUT2D eigenvalue weighted by molar-refractivity contribution is 14.0. The Balaban J connectivity index is 0.00000450. The number of nitrogens with one attached hydrogen (secondary N) is 2. The maximum atomic E-state index is 11.8. The lowest BCUT2D eigenvalue weighted by Crippen LogP contribution is -2.44. The van der Waals surface area contributed by atoms with Crippen LogP contribution in [-0.2, 0) is 10.0 Å². The minimum atomic E-state index is -3.13. The molecule has 2 N–H and O–H groups in total. The Morgan fingerprint density at radius 2 is 2.07 bits per heavy atom. The van der Waals surface area contributed by atoms with Gasteiger partial charge in [0.25, 0.3) is 0 Å². The third kappa shape index (κ3) is 7.77. The number of aliphatic imine (C=N–C) groups is 1. The molecule has 0 saturated carbocycles. The van der Waals surface area contributed by atoms with Crippen LogP contribution in [-0.4, -0.2) is 77.4 Å². The second kappa shape index (κ2) is 13.2. The number of halogens is 1. The lowest BCUT2D eigenvalue weighted by Gasteiger charge is -2.22. The van der Waals surface area contributed by atoms with Crippen molar-refractivity contribution in [2.75, 3.05) is 57.5 Å². The first-order chi connectivity index (χ1) is 13.9. The minimum Gasteiger partial charge on any atom is -0.495 e. The highest BCUT2D eigenvalue weighted by atomic mass is 127. The summed E-state index contributed by atoms with van der Waals surface area (Å²) in [6.45, 7) is 7.35. The largest absolute Gasteiger partial charge is 0.495 e. The first-order valence-corrected chi connectivity index (χ1v) is 11.9. The second-order valence-electron chi connectivity index (χ2n) is 7.08. The van der Waals surface area contributed by atoms with Crippen molar-refractivity contribution in [2.45, 2.75) is 32.7 Å². The van der Waals surface area contributed by atoms with Crippen molar-refractivity contribution < 1.29 is 13.2 Å². The van der Waals surface area contributed by atoms with Gasteiger partial charge in [0.15, 0.2) is 5.96 Å². The zero-order chi connectivity index (χ0) is 21.3. The molecule has 0 radical (unpaired) electrons. The number of rotatable bonds is 10. The van der Waals surface area contributed by atoms with Gasteiger partial charge in [-0.25, -0.2) is 12.7 Å². The van der Waals surface area contributed by atoms with Crippen molar-refractivity contribution in [1.82, 2.24) is 14.9 Å². The molecule has 1 aliphatic heterocycles. The number of sulfonamides is 1. The van der Waals surface area contributed by atoms with E-state index in [1.807, 2.05) is 25.1 Å². The Morgan fingerprint density at radius 1 is 1.33 bits per heavy atom. The molecule has 0 amide bonds. The van der Waals surface area contributed by atoms with Crippen molar-refractivity contribution in [1.29, 1.82) is 0 Å². The van der Waals surface area contributed by atoms with Crippen LogP contribution in [0.1, 0.15) is 26.7 Å². The van der Waals surface area contributed by atoms with Gasteiger partial charge in [-0.15, -0.1) is 24.0 Å². The summed E-state index contributed by atoms with van der Waals surface area (Å²) < 4.78 is 30.5. The van der Waals surface area contributed by atoms with Gasteiger partial charge in [0.05, 0.1) is 18.6 Å². The van der Waals surface area contributed by atoms with Crippen molar-refractivity contribution in [3.63, 3.8) is 0 Å². The summed E-state index contributed by atoms with van der Waals surface area (Å²) in [5, 5.41) is 6.79. The third-order valence-electron chi connectivity index (χ3n) is 5.04. The molecule has 1 aliphatic rings. The fourth-order valence-electron chi connectivity index (χ4n) is 3.34. The van der Waals surface area contributed by atoms with Gasteiger partial charge in [-0.2, -0.15) is 0 Å². The van der Waals surface area contributed by atoms with Gasteiger partial charge in [0, 0.05) is 45.8 Å². The molecule has 2 rings (SSSR count). The summed E-state index contributed by atoms with van der Waals surface area (Å²) in [7, 11) is 0.192. The van der Waals surface area contributed by atoms with Crippen LogP contribution in [0.2, 0.25) is 0 Å². The molecule has 0 bridgehead atoms. The highest BCUT2D eigenvalue weighted by Crippen LogP contribution is 2.30. The molecule has 30 heavy (non-hydrogen) atoms. The molecule has 1 heterocycles. The van der Waals surface area contributed by atoms with Gasteiger partial charge in [0.2, 0.25) is 10.0 Å². The lowest BCUT2D eigenvalue weighted by molar-refractivity contribution is 0.415. The maximum absolute atomic E-state index is 11.8. The highest BCUT2D eigenvalue weighted by Gasteiger charge is 2.25. The van der Waals surface area contributed by atoms with Crippen molar-refractivity contribution in [2.24, 2.45) is 4.99 Å². The van der Waals surface area contributed by atoms with Crippen LogP contribution in [0.3, 0.4) is 0 Å². The van der Waals surface area contributed by atoms with E-state index in [0.717, 1.165) is 43.5 Å². The number of hydrogen-bond donors (Lipinski definition) is 2. The van der Waals surface area contributed by atoms with Gasteiger partial charge in [0.1, 0.15) is 5.75 Å². The van der Waals surface area contributed by atoms with Crippen LogP contribution < -0.4 is 20.3 Å². The number of para-hydroxylation sites is 2. The first kappa shape index (κ1) is 26.8. The Kier molecular flexibility index (Phi) is 11.8. The van der Waals surface area contributed by atoms with E-state index in [0.29, 0.717) is 25.6 Å². The smallest absolute Gasteiger partial charge is 0.213 e. The van der Waals surface area contributed by atoms with Gasteiger partial charge in [-0.3, -0.25) is 4.99 Å². The molecule has 1 aromatic rings. The Bertz CT molecular complexity index is 775. The molecule has 8 nitrogen and oxygen atoms in total. The predicted octanol–water partition coefficient (Wildman–Crippen LogP) is 2.12. The van der Waals surface area contributed by atoms with Gasteiger partial charge < -0.3 is 20.3 Å². The Labute approximate surface area is 198 Å². The first-order valence-electron chi connectivity index (χ1n) is 10.3. The summed E-state index contributed by atoms with van der Waals surface area (Å²) in [6.07, 6.45) is 1.70. The van der Waals surface area contributed by atoms with E-state index in [4.69, 9.17) is 4.74 Å². The number of nitrogens with zero attached hydrogens (tertiary/aromatic N) is 3. The molecule has 10 heteroatoms. The average Bonchev–Trinajstić information content (AvgIpc) is 3.19. The van der Waals surface area contributed by atoms with Gasteiger partial charge >= 0.3 is 0 Å². The summed E-state index contributed by atoms with van der Waals surface area (Å²) >= 11 is 0. The normalized spacial score (nSPS) is 17.0. The Hall–Kier alpha value is -1.27. The summed E-state index contributed by atoms with van der Waals surface area (Å²) in [6, 6.07) is 8.37. The van der Waals surface area contributed by atoms with Gasteiger partial charge in [-0.1, -0.05) is 12.1 Å². The molecule has 172 valence electrons. The topological polar surface area (TPSA) is 86.3 Å². The molecule has 0 aromatic heterocycles. The lowest BCUT2D eigenvalue weighted by atomic mass is 10.2. The summed E-state index contributed by atoms with van der Waals surface area (Å²) in [5.41, 5.74) is 1.11. The molecule has 1 aromatic carbocycles. The van der Waals surface area contributed by atoms with Crippen LogP contribution in [0.25, 0.3) is 0 Å². The molecular weight excluding hydrogens is 517 g/mol. The number of ether oxygens (including phenoxy) is 1. The molecule has 1 unspecified atom stereocenters. The number of hydrogen-bond acceptors (Lipinski definition) is 5. The van der Waals surface area contributed by atoms with E-state index in [1.54, 1.807) is 21.1 Å². The van der Waals surface area contributed by atoms with E-state index in [1.165, 1.54) is 4.31 Å². The maximum Gasteiger partial charge on any atom is 0.213 e. The van der Waals surface area contributed by atoms with E-state index in [2.05, 4.69) is 26.6 Å². The monoisotopic (exact) mass is 553 g/mol. The Morgan fingerprint density at radius 3 is 2.73 bits per heavy atom. The fourth-order valence-corrected chi connectivity index (χ4v) is 4.19. The molecule has 1 saturated heterocycles. The quantitative estimate of drug-likeness (QED) is 0.200. The third-order valence-corrected chi connectivity index (χ3v) is 6.90. The SMILES string of the molecule is CCNC(=NCCCN(C)S(=O)(=O)CC)NC1CCN(c2ccccc2OC)C1.I. The van der Waals surface area contributed by atoms with Crippen LogP contribution in [0.5, 0.6) is 5.75 Å². The van der Waals surface area contributed by atoms with E-state index in [-0.39, 0.29) is 29.7 Å². The number of anilines is 1. The van der Waals surface area contributed by atoms with Gasteiger partial charge in [-0.05, 0) is 38.8 Å². The summed E-state index contributed by atoms with van der Waals surface area (Å²) in [4.78, 5) is 6.94. The molecular formula is C20H36IN5O3S. The molecule has 0 aliphatic carbocycles. The van der Waals surface area contributed by atoms with Crippen molar-refractivity contribution in [3.05, 3.63) is 24.3 Å². The van der Waals surface area contributed by atoms with Crippen LogP contribution >= 0.6 is 24.0 Å². The average molecular weight is 554 g/mol. The van der Waals surface area contributed by atoms with Crippen LogP contribution in [0.4, 0.5) is 5.69 Å². The molecule has 0 spiro atoms. The zero-order valence-corrected chi connectivity index (χ0v) is 21.6. The number of methoxy groups -OCH3 is 1. The molecule has 1 fully saturated rings. The minimum absolute atomic E-state index is 0. The zero-order valence-electron chi connectivity index (χ0n) is 18.4.